The molecule has 0 fully saturated rings. The van der Waals surface area contributed by atoms with Gasteiger partial charge in [0, 0.05) is 19.0 Å². The third-order valence-electron chi connectivity index (χ3n) is 3.55. The number of rotatable bonds is 3. The van der Waals surface area contributed by atoms with Gasteiger partial charge in [-0.3, -0.25) is 9.48 Å². The number of hydrogen-bond acceptors (Lipinski definition) is 2. The van der Waals surface area contributed by atoms with Gasteiger partial charge in [-0.1, -0.05) is 48.0 Å². The fourth-order valence-electron chi connectivity index (χ4n) is 2.35. The van der Waals surface area contributed by atoms with Crippen molar-refractivity contribution in [3.63, 3.8) is 0 Å². The van der Waals surface area contributed by atoms with Crippen LogP contribution in [0.5, 0.6) is 0 Å². The monoisotopic (exact) mass is 279 g/mol. The van der Waals surface area contributed by atoms with E-state index in [-0.39, 0.29) is 5.91 Å². The molecule has 0 atom stereocenters. The molecule has 1 N–H and O–H groups in total. The van der Waals surface area contributed by atoms with E-state index in [0.717, 1.165) is 16.5 Å². The van der Waals surface area contributed by atoms with Crippen LogP contribution in [-0.4, -0.2) is 15.7 Å². The van der Waals surface area contributed by atoms with Gasteiger partial charge < -0.3 is 5.32 Å². The summed E-state index contributed by atoms with van der Waals surface area (Å²) in [5.41, 5.74) is 3.72. The maximum absolute atomic E-state index is 12.3. The molecule has 4 heteroatoms. The topological polar surface area (TPSA) is 46.9 Å². The van der Waals surface area contributed by atoms with Crippen molar-refractivity contribution in [2.45, 2.75) is 13.5 Å². The largest absolute Gasteiger partial charge is 0.347 e. The molecule has 106 valence electrons. The number of carbonyl (C=O) groups excluding carboxylic acids is 1. The number of nitrogens with one attached hydrogen (secondary N) is 1. The summed E-state index contributed by atoms with van der Waals surface area (Å²) in [4.78, 5) is 12.3. The maximum Gasteiger partial charge on any atom is 0.272 e. The Morgan fingerprint density at radius 2 is 1.86 bits per heavy atom. The van der Waals surface area contributed by atoms with Crippen molar-refractivity contribution in [2.24, 2.45) is 7.05 Å². The summed E-state index contributed by atoms with van der Waals surface area (Å²) in [5, 5.41) is 8.12. The lowest BCUT2D eigenvalue weighted by Gasteiger charge is -2.04. The van der Waals surface area contributed by atoms with Gasteiger partial charge in [0.15, 0.2) is 5.69 Å². The molecule has 0 aliphatic rings. The smallest absolute Gasteiger partial charge is 0.272 e. The number of hydrogen-bond donors (Lipinski definition) is 1. The Kier molecular flexibility index (Phi) is 3.44. The minimum absolute atomic E-state index is 0.146. The van der Waals surface area contributed by atoms with Gasteiger partial charge >= 0.3 is 0 Å². The number of amides is 1. The Hall–Kier alpha value is -2.62. The Balaban J connectivity index is 1.79. The number of benzene rings is 2. The molecule has 1 amide bonds. The molecule has 0 unspecified atom stereocenters. The molecule has 21 heavy (non-hydrogen) atoms. The molecule has 2 aromatic carbocycles. The number of nitrogens with zero attached hydrogens (tertiary/aromatic N) is 2. The van der Waals surface area contributed by atoms with Crippen molar-refractivity contribution in [3.05, 3.63) is 65.4 Å². The zero-order chi connectivity index (χ0) is 14.8. The molecule has 0 aliphatic heterocycles. The first-order chi connectivity index (χ1) is 10.1. The van der Waals surface area contributed by atoms with E-state index in [0.29, 0.717) is 12.2 Å². The van der Waals surface area contributed by atoms with E-state index >= 15 is 0 Å². The Labute approximate surface area is 123 Å². The van der Waals surface area contributed by atoms with Crippen LogP contribution in [0, 0.1) is 6.92 Å². The fourth-order valence-corrected chi connectivity index (χ4v) is 2.35. The molecule has 1 aromatic heterocycles. The summed E-state index contributed by atoms with van der Waals surface area (Å²) in [5.74, 6) is -0.146. The molecule has 4 nitrogen and oxygen atoms in total. The van der Waals surface area contributed by atoms with Gasteiger partial charge in [-0.05, 0) is 18.6 Å². The highest BCUT2D eigenvalue weighted by molar-refractivity contribution is 6.04. The zero-order valence-corrected chi connectivity index (χ0v) is 12.1. The molecule has 0 aliphatic carbocycles. The van der Waals surface area contributed by atoms with Gasteiger partial charge in [-0.25, -0.2) is 0 Å². The first kappa shape index (κ1) is 13.4. The highest BCUT2D eigenvalue weighted by Gasteiger charge is 2.15. The summed E-state index contributed by atoms with van der Waals surface area (Å²) in [6.07, 6.45) is 0. The van der Waals surface area contributed by atoms with Crippen LogP contribution in [0.1, 0.15) is 21.6 Å². The average Bonchev–Trinajstić information content (AvgIpc) is 2.84. The SMILES string of the molecule is Cc1ccc(CNC(=O)c2nn(C)c3ccccc23)cc1. The van der Waals surface area contributed by atoms with Crippen LogP contribution in [-0.2, 0) is 13.6 Å². The Morgan fingerprint density at radius 1 is 1.14 bits per heavy atom. The van der Waals surface area contributed by atoms with E-state index in [9.17, 15) is 4.79 Å². The maximum atomic E-state index is 12.3. The fraction of sp³-hybridized carbons (Fsp3) is 0.176. The van der Waals surface area contributed by atoms with E-state index < -0.39 is 0 Å². The third kappa shape index (κ3) is 2.65. The van der Waals surface area contributed by atoms with Crippen molar-refractivity contribution in [2.75, 3.05) is 0 Å². The molecule has 0 saturated heterocycles. The Morgan fingerprint density at radius 3 is 2.62 bits per heavy atom. The minimum Gasteiger partial charge on any atom is -0.347 e. The standard InChI is InChI=1S/C17H17N3O/c1-12-7-9-13(10-8-12)11-18-17(21)16-14-5-3-4-6-15(14)20(2)19-16/h3-10H,11H2,1-2H3,(H,18,21). The van der Waals surface area contributed by atoms with Crippen molar-refractivity contribution >= 4 is 16.8 Å². The van der Waals surface area contributed by atoms with Crippen LogP contribution in [0.4, 0.5) is 0 Å². The van der Waals surface area contributed by atoms with E-state index in [4.69, 9.17) is 0 Å². The molecular weight excluding hydrogens is 262 g/mol. The minimum atomic E-state index is -0.146. The predicted molar refractivity (Wildman–Crippen MR) is 83.1 cm³/mol. The molecule has 3 rings (SSSR count). The number of fused-ring (bicyclic) bond motifs is 1. The molecule has 0 saturated carbocycles. The molecule has 0 spiro atoms. The molecule has 3 aromatic rings. The number of aromatic nitrogens is 2. The summed E-state index contributed by atoms with van der Waals surface area (Å²) in [6, 6.07) is 15.9. The van der Waals surface area contributed by atoms with Crippen molar-refractivity contribution in [1.82, 2.24) is 15.1 Å². The zero-order valence-electron chi connectivity index (χ0n) is 12.1. The van der Waals surface area contributed by atoms with Gasteiger partial charge in [0.2, 0.25) is 0 Å². The summed E-state index contributed by atoms with van der Waals surface area (Å²) in [7, 11) is 1.85. The number of aryl methyl sites for hydroxylation is 2. The van der Waals surface area contributed by atoms with Gasteiger partial charge in [-0.2, -0.15) is 5.10 Å². The van der Waals surface area contributed by atoms with Gasteiger partial charge in [0.1, 0.15) is 0 Å². The summed E-state index contributed by atoms with van der Waals surface area (Å²) >= 11 is 0. The Bertz CT molecular complexity index is 787. The second-order valence-electron chi connectivity index (χ2n) is 5.16. The number of para-hydroxylation sites is 1. The van der Waals surface area contributed by atoms with E-state index in [1.807, 2.05) is 62.5 Å². The van der Waals surface area contributed by atoms with Crippen molar-refractivity contribution < 1.29 is 4.79 Å². The first-order valence-corrected chi connectivity index (χ1v) is 6.90. The van der Waals surface area contributed by atoms with Gasteiger partial charge in [0.25, 0.3) is 5.91 Å². The normalized spacial score (nSPS) is 10.8. The lowest BCUT2D eigenvalue weighted by atomic mass is 10.1. The summed E-state index contributed by atoms with van der Waals surface area (Å²) < 4.78 is 1.73. The van der Waals surface area contributed by atoms with Gasteiger partial charge in [0.05, 0.1) is 5.52 Å². The van der Waals surface area contributed by atoms with E-state index in [2.05, 4.69) is 10.4 Å². The second-order valence-corrected chi connectivity index (χ2v) is 5.16. The lowest BCUT2D eigenvalue weighted by Crippen LogP contribution is -2.23. The van der Waals surface area contributed by atoms with E-state index in [1.165, 1.54) is 5.56 Å². The second kappa shape index (κ2) is 5.40. The molecule has 1 heterocycles. The van der Waals surface area contributed by atoms with Crippen LogP contribution >= 0.6 is 0 Å². The summed E-state index contributed by atoms with van der Waals surface area (Å²) in [6.45, 7) is 2.55. The quantitative estimate of drug-likeness (QED) is 0.801. The highest BCUT2D eigenvalue weighted by atomic mass is 16.1. The highest BCUT2D eigenvalue weighted by Crippen LogP contribution is 2.17. The molecular formula is C17H17N3O. The first-order valence-electron chi connectivity index (χ1n) is 6.90. The average molecular weight is 279 g/mol. The van der Waals surface area contributed by atoms with Crippen LogP contribution in [0.2, 0.25) is 0 Å². The van der Waals surface area contributed by atoms with Crippen LogP contribution in [0.15, 0.2) is 48.5 Å². The van der Waals surface area contributed by atoms with Crippen molar-refractivity contribution in [3.8, 4) is 0 Å². The van der Waals surface area contributed by atoms with Crippen LogP contribution in [0.25, 0.3) is 10.9 Å². The van der Waals surface area contributed by atoms with E-state index in [1.54, 1.807) is 4.68 Å². The number of carbonyl (C=O) groups is 1. The molecule has 0 radical (unpaired) electrons. The van der Waals surface area contributed by atoms with Crippen LogP contribution < -0.4 is 5.32 Å². The van der Waals surface area contributed by atoms with Crippen molar-refractivity contribution in [1.29, 1.82) is 0 Å². The molecule has 0 bridgehead atoms. The third-order valence-corrected chi connectivity index (χ3v) is 3.55. The lowest BCUT2D eigenvalue weighted by molar-refractivity contribution is 0.0947. The van der Waals surface area contributed by atoms with Gasteiger partial charge in [-0.15, -0.1) is 0 Å². The predicted octanol–water partition coefficient (Wildman–Crippen LogP) is 2.81. The van der Waals surface area contributed by atoms with Crippen LogP contribution in [0.3, 0.4) is 0 Å².